The maximum atomic E-state index is 14.0. The lowest BCUT2D eigenvalue weighted by atomic mass is 10.0. The lowest BCUT2D eigenvalue weighted by molar-refractivity contribution is -0.145. The van der Waals surface area contributed by atoms with E-state index in [1.807, 2.05) is 13.8 Å². The SMILES string of the molecule is COC(=O)C(CC(C)C)NC(=O)COC(=O)c1cc(S(=O)(=O)N(C)C)ccc1F. The van der Waals surface area contributed by atoms with Gasteiger partial charge in [0.2, 0.25) is 10.0 Å². The summed E-state index contributed by atoms with van der Waals surface area (Å²) in [5.74, 6) is -3.57. The molecule has 0 aliphatic heterocycles. The van der Waals surface area contributed by atoms with Gasteiger partial charge in [0.05, 0.1) is 17.6 Å². The summed E-state index contributed by atoms with van der Waals surface area (Å²) in [6.45, 7) is 2.91. The molecule has 11 heteroatoms. The van der Waals surface area contributed by atoms with E-state index in [4.69, 9.17) is 4.74 Å². The molecule has 0 aromatic heterocycles. The van der Waals surface area contributed by atoms with Gasteiger partial charge in [-0.25, -0.2) is 26.7 Å². The van der Waals surface area contributed by atoms with Gasteiger partial charge < -0.3 is 14.8 Å². The van der Waals surface area contributed by atoms with Gasteiger partial charge in [-0.3, -0.25) is 4.79 Å². The average Bonchev–Trinajstić information content (AvgIpc) is 2.64. The number of esters is 2. The third-order valence-corrected chi connectivity index (χ3v) is 5.61. The second-order valence-electron chi connectivity index (χ2n) is 6.78. The number of sulfonamides is 1. The lowest BCUT2D eigenvalue weighted by Crippen LogP contribution is -2.44. The van der Waals surface area contributed by atoms with Crippen molar-refractivity contribution in [2.45, 2.75) is 31.2 Å². The molecule has 1 unspecified atom stereocenters. The molecule has 1 atom stereocenters. The summed E-state index contributed by atoms with van der Waals surface area (Å²) in [5.41, 5.74) is -0.632. The smallest absolute Gasteiger partial charge is 0.341 e. The Hall–Kier alpha value is -2.53. The van der Waals surface area contributed by atoms with E-state index in [1.165, 1.54) is 21.2 Å². The minimum atomic E-state index is -3.89. The van der Waals surface area contributed by atoms with Crippen LogP contribution >= 0.6 is 0 Å². The summed E-state index contributed by atoms with van der Waals surface area (Å²) in [4.78, 5) is 35.5. The van der Waals surface area contributed by atoms with Gasteiger partial charge in [0.15, 0.2) is 6.61 Å². The van der Waals surface area contributed by atoms with E-state index in [0.717, 1.165) is 22.5 Å². The van der Waals surface area contributed by atoms with Crippen molar-refractivity contribution in [2.75, 3.05) is 27.8 Å². The predicted molar refractivity (Wildman–Crippen MR) is 101 cm³/mol. The Balaban J connectivity index is 2.86. The number of ether oxygens (including phenoxy) is 2. The minimum Gasteiger partial charge on any atom is -0.467 e. The molecular formula is C18H25FN2O7S. The van der Waals surface area contributed by atoms with Crippen molar-refractivity contribution in [1.29, 1.82) is 0 Å². The molecule has 0 fully saturated rings. The maximum absolute atomic E-state index is 14.0. The van der Waals surface area contributed by atoms with E-state index in [9.17, 15) is 27.2 Å². The summed E-state index contributed by atoms with van der Waals surface area (Å²) in [6, 6.07) is 1.75. The molecule has 9 nitrogen and oxygen atoms in total. The van der Waals surface area contributed by atoms with E-state index in [0.29, 0.717) is 6.42 Å². The van der Waals surface area contributed by atoms with Crippen LogP contribution in [-0.2, 0) is 29.1 Å². The zero-order valence-electron chi connectivity index (χ0n) is 16.9. The Morgan fingerprint density at radius 2 is 1.83 bits per heavy atom. The van der Waals surface area contributed by atoms with E-state index < -0.39 is 51.9 Å². The number of rotatable bonds is 9. The summed E-state index contributed by atoms with van der Waals surface area (Å²) >= 11 is 0. The highest BCUT2D eigenvalue weighted by atomic mass is 32.2. The first-order chi connectivity index (χ1) is 13.4. The van der Waals surface area contributed by atoms with Gasteiger partial charge in [0.25, 0.3) is 5.91 Å². The number of carbonyl (C=O) groups excluding carboxylic acids is 3. The molecule has 0 spiro atoms. The van der Waals surface area contributed by atoms with Gasteiger partial charge in [-0.2, -0.15) is 0 Å². The Morgan fingerprint density at radius 3 is 2.34 bits per heavy atom. The van der Waals surface area contributed by atoms with Gasteiger partial charge in [-0.15, -0.1) is 0 Å². The Morgan fingerprint density at radius 1 is 1.21 bits per heavy atom. The number of nitrogens with one attached hydrogen (secondary N) is 1. The van der Waals surface area contributed by atoms with E-state index in [2.05, 4.69) is 10.1 Å². The predicted octanol–water partition coefficient (Wildman–Crippen LogP) is 0.937. The highest BCUT2D eigenvalue weighted by Gasteiger charge is 2.25. The third kappa shape index (κ3) is 6.79. The minimum absolute atomic E-state index is 0.0810. The molecule has 0 aliphatic rings. The number of methoxy groups -OCH3 is 1. The van der Waals surface area contributed by atoms with E-state index in [-0.39, 0.29) is 10.8 Å². The van der Waals surface area contributed by atoms with Crippen molar-refractivity contribution < 1.29 is 36.7 Å². The Labute approximate surface area is 169 Å². The average molecular weight is 432 g/mol. The fraction of sp³-hybridized carbons (Fsp3) is 0.500. The largest absolute Gasteiger partial charge is 0.467 e. The molecule has 162 valence electrons. The van der Waals surface area contributed by atoms with E-state index >= 15 is 0 Å². The van der Waals surface area contributed by atoms with Crippen molar-refractivity contribution in [3.63, 3.8) is 0 Å². The van der Waals surface area contributed by atoms with Crippen LogP contribution in [0.15, 0.2) is 23.1 Å². The first kappa shape index (κ1) is 24.5. The van der Waals surface area contributed by atoms with Crippen LogP contribution in [0.3, 0.4) is 0 Å². The van der Waals surface area contributed by atoms with Gasteiger partial charge in [-0.05, 0) is 30.5 Å². The van der Waals surface area contributed by atoms with E-state index in [1.54, 1.807) is 0 Å². The number of carbonyl (C=O) groups is 3. The molecule has 0 radical (unpaired) electrons. The fourth-order valence-corrected chi connectivity index (χ4v) is 3.23. The van der Waals surface area contributed by atoms with Crippen molar-refractivity contribution in [2.24, 2.45) is 5.92 Å². The second-order valence-corrected chi connectivity index (χ2v) is 8.93. The van der Waals surface area contributed by atoms with Gasteiger partial charge in [-0.1, -0.05) is 13.8 Å². The van der Waals surface area contributed by atoms with Crippen LogP contribution in [0.2, 0.25) is 0 Å². The quantitative estimate of drug-likeness (QED) is 0.577. The fourth-order valence-electron chi connectivity index (χ4n) is 2.30. The Bertz CT molecular complexity index is 869. The van der Waals surface area contributed by atoms with Crippen LogP contribution in [0.1, 0.15) is 30.6 Å². The number of hydrogen-bond donors (Lipinski definition) is 1. The monoisotopic (exact) mass is 432 g/mol. The second kappa shape index (κ2) is 10.3. The summed E-state index contributed by atoms with van der Waals surface area (Å²) < 4.78 is 48.5. The first-order valence-electron chi connectivity index (χ1n) is 8.66. The zero-order chi connectivity index (χ0) is 22.4. The first-order valence-corrected chi connectivity index (χ1v) is 10.1. The van der Waals surface area contributed by atoms with Crippen LogP contribution < -0.4 is 5.32 Å². The number of halogens is 1. The van der Waals surface area contributed by atoms with Crippen LogP contribution in [0.25, 0.3) is 0 Å². The summed E-state index contributed by atoms with van der Waals surface area (Å²) in [5, 5.41) is 2.38. The van der Waals surface area contributed by atoms with Crippen LogP contribution in [0.5, 0.6) is 0 Å². The summed E-state index contributed by atoms with van der Waals surface area (Å²) in [6.07, 6.45) is 0.311. The lowest BCUT2D eigenvalue weighted by Gasteiger charge is -2.18. The number of hydrogen-bond acceptors (Lipinski definition) is 7. The molecule has 29 heavy (non-hydrogen) atoms. The van der Waals surface area contributed by atoms with Crippen LogP contribution in [-0.4, -0.2) is 64.4 Å². The molecule has 1 amide bonds. The van der Waals surface area contributed by atoms with Crippen molar-refractivity contribution in [3.05, 3.63) is 29.6 Å². The molecule has 0 saturated heterocycles. The van der Waals surface area contributed by atoms with Crippen LogP contribution in [0, 0.1) is 11.7 Å². The zero-order valence-corrected chi connectivity index (χ0v) is 17.7. The highest BCUT2D eigenvalue weighted by molar-refractivity contribution is 7.89. The molecule has 1 rings (SSSR count). The summed E-state index contributed by atoms with van der Waals surface area (Å²) in [7, 11) is -0.138. The molecule has 1 N–H and O–H groups in total. The normalized spacial score (nSPS) is 12.6. The molecule has 0 bridgehead atoms. The molecular weight excluding hydrogens is 407 g/mol. The molecule has 1 aromatic carbocycles. The van der Waals surface area contributed by atoms with Crippen molar-refractivity contribution >= 4 is 27.9 Å². The topological polar surface area (TPSA) is 119 Å². The molecule has 1 aromatic rings. The molecule has 0 saturated carbocycles. The van der Waals surface area contributed by atoms with Crippen LogP contribution in [0.4, 0.5) is 4.39 Å². The van der Waals surface area contributed by atoms with Crippen molar-refractivity contribution in [3.8, 4) is 0 Å². The van der Waals surface area contributed by atoms with Gasteiger partial charge in [0, 0.05) is 14.1 Å². The maximum Gasteiger partial charge on any atom is 0.341 e. The Kier molecular flexibility index (Phi) is 8.71. The number of nitrogens with zero attached hydrogens (tertiary/aromatic N) is 1. The molecule has 0 aliphatic carbocycles. The van der Waals surface area contributed by atoms with Crippen molar-refractivity contribution in [1.82, 2.24) is 9.62 Å². The standard InChI is InChI=1S/C18H25FN2O7S/c1-11(2)8-15(18(24)27-5)20-16(22)10-28-17(23)13-9-12(6-7-14(13)19)29(25,26)21(3)4/h6-7,9,11,15H,8,10H2,1-5H3,(H,20,22). The molecule has 0 heterocycles. The van der Waals surface area contributed by atoms with Gasteiger partial charge >= 0.3 is 11.9 Å². The number of amides is 1. The third-order valence-electron chi connectivity index (χ3n) is 3.80. The highest BCUT2D eigenvalue weighted by Crippen LogP contribution is 2.18. The number of benzene rings is 1. The van der Waals surface area contributed by atoms with Gasteiger partial charge in [0.1, 0.15) is 11.9 Å².